The van der Waals surface area contributed by atoms with E-state index in [1.807, 2.05) is 13.8 Å². The van der Waals surface area contributed by atoms with Crippen LogP contribution in [0.3, 0.4) is 0 Å². The van der Waals surface area contributed by atoms with Gasteiger partial charge in [-0.25, -0.2) is 9.36 Å². The van der Waals surface area contributed by atoms with Crippen LogP contribution in [0.4, 0.5) is 0 Å². The lowest BCUT2D eigenvalue weighted by Gasteiger charge is -2.21. The fourth-order valence-electron chi connectivity index (χ4n) is 1.90. The van der Waals surface area contributed by atoms with Gasteiger partial charge < -0.3 is 10.2 Å². The van der Waals surface area contributed by atoms with Crippen molar-refractivity contribution < 1.29 is 10.2 Å². The third kappa shape index (κ3) is 2.44. The number of aliphatic hydroxyl groups excluding tert-OH is 2. The lowest BCUT2D eigenvalue weighted by Crippen LogP contribution is -2.30. The molecule has 0 aliphatic heterocycles. The van der Waals surface area contributed by atoms with Gasteiger partial charge in [0.15, 0.2) is 11.6 Å². The fourth-order valence-corrected chi connectivity index (χ4v) is 1.90. The van der Waals surface area contributed by atoms with Gasteiger partial charge in [0, 0.05) is 0 Å². The summed E-state index contributed by atoms with van der Waals surface area (Å²) < 4.78 is 3.02. The molecule has 0 aromatic carbocycles. The lowest BCUT2D eigenvalue weighted by molar-refractivity contribution is 0.257. The Bertz CT molecular complexity index is 488. The molecule has 0 bridgehead atoms. The average Bonchev–Trinajstić information content (AvgIpc) is 2.99. The van der Waals surface area contributed by atoms with Crippen LogP contribution in [0.25, 0.3) is 0 Å². The maximum absolute atomic E-state index is 9.00. The normalized spacial score (nSPS) is 12.0. The average molecular weight is 268 g/mol. The molecule has 10 nitrogen and oxygen atoms in total. The van der Waals surface area contributed by atoms with Crippen molar-refractivity contribution in [3.05, 3.63) is 11.6 Å². The SMILES string of the molecule is CC(C)(c1nnnn1CCO)c1nnnn1CCO. The zero-order valence-corrected chi connectivity index (χ0v) is 10.8. The van der Waals surface area contributed by atoms with Gasteiger partial charge in [0.1, 0.15) is 0 Å². The minimum absolute atomic E-state index is 0.0598. The molecule has 0 saturated heterocycles. The summed E-state index contributed by atoms with van der Waals surface area (Å²) in [4.78, 5) is 0. The number of hydrogen-bond donors (Lipinski definition) is 2. The van der Waals surface area contributed by atoms with Gasteiger partial charge in [-0.3, -0.25) is 0 Å². The van der Waals surface area contributed by atoms with Gasteiger partial charge >= 0.3 is 0 Å². The molecule has 0 unspecified atom stereocenters. The van der Waals surface area contributed by atoms with Crippen molar-refractivity contribution in [3.63, 3.8) is 0 Å². The van der Waals surface area contributed by atoms with Gasteiger partial charge in [0.25, 0.3) is 0 Å². The van der Waals surface area contributed by atoms with Crippen molar-refractivity contribution in [3.8, 4) is 0 Å². The maximum Gasteiger partial charge on any atom is 0.164 e. The summed E-state index contributed by atoms with van der Waals surface area (Å²) in [5.41, 5.74) is -0.642. The van der Waals surface area contributed by atoms with Crippen LogP contribution in [-0.2, 0) is 18.5 Å². The summed E-state index contributed by atoms with van der Waals surface area (Å²) in [6, 6.07) is 0. The van der Waals surface area contributed by atoms with E-state index < -0.39 is 5.41 Å². The zero-order valence-electron chi connectivity index (χ0n) is 10.8. The first-order valence-corrected chi connectivity index (χ1v) is 5.86. The molecule has 0 radical (unpaired) electrons. The van der Waals surface area contributed by atoms with Gasteiger partial charge in [-0.15, -0.1) is 10.2 Å². The highest BCUT2D eigenvalue weighted by Gasteiger charge is 2.35. The second-order valence-corrected chi connectivity index (χ2v) is 4.52. The van der Waals surface area contributed by atoms with E-state index in [1.165, 1.54) is 9.36 Å². The van der Waals surface area contributed by atoms with Crippen LogP contribution in [0.15, 0.2) is 0 Å². The number of aliphatic hydroxyl groups is 2. The van der Waals surface area contributed by atoms with E-state index in [4.69, 9.17) is 10.2 Å². The first-order chi connectivity index (χ1) is 9.11. The Kier molecular flexibility index (Phi) is 3.81. The van der Waals surface area contributed by atoms with Crippen molar-refractivity contribution in [1.29, 1.82) is 0 Å². The molecule has 10 heteroatoms. The second kappa shape index (κ2) is 5.36. The van der Waals surface area contributed by atoms with E-state index in [-0.39, 0.29) is 13.2 Å². The molecule has 2 aromatic heterocycles. The van der Waals surface area contributed by atoms with E-state index in [0.29, 0.717) is 24.7 Å². The van der Waals surface area contributed by atoms with Crippen LogP contribution < -0.4 is 0 Å². The Morgan fingerprint density at radius 1 is 0.895 bits per heavy atom. The Hall–Kier alpha value is -1.94. The first kappa shape index (κ1) is 13.5. The quantitative estimate of drug-likeness (QED) is 0.614. The zero-order chi connectivity index (χ0) is 13.9. The van der Waals surface area contributed by atoms with E-state index in [1.54, 1.807) is 0 Å². The highest BCUT2D eigenvalue weighted by Crippen LogP contribution is 2.27. The summed E-state index contributed by atoms with van der Waals surface area (Å²) >= 11 is 0. The minimum Gasteiger partial charge on any atom is -0.394 e. The molecule has 0 saturated carbocycles. The molecule has 0 spiro atoms. The molecule has 2 heterocycles. The van der Waals surface area contributed by atoms with Gasteiger partial charge in [0.2, 0.25) is 0 Å². The minimum atomic E-state index is -0.642. The lowest BCUT2D eigenvalue weighted by atomic mass is 9.91. The number of hydrogen-bond acceptors (Lipinski definition) is 8. The number of nitrogens with zero attached hydrogens (tertiary/aromatic N) is 8. The van der Waals surface area contributed by atoms with Gasteiger partial charge in [-0.2, -0.15) is 0 Å². The standard InChI is InChI=1S/C9H16N8O2/c1-9(2,7-10-12-14-16(7)3-5-18)8-11-13-15-17(8)4-6-19/h18-19H,3-6H2,1-2H3. The van der Waals surface area contributed by atoms with Crippen molar-refractivity contribution >= 4 is 0 Å². The molecule has 2 aromatic rings. The molecule has 0 amide bonds. The largest absolute Gasteiger partial charge is 0.394 e. The summed E-state index contributed by atoms with van der Waals surface area (Å²) in [6.45, 7) is 4.24. The van der Waals surface area contributed by atoms with Crippen molar-refractivity contribution in [2.75, 3.05) is 13.2 Å². The van der Waals surface area contributed by atoms with E-state index in [0.717, 1.165) is 0 Å². The Morgan fingerprint density at radius 2 is 1.32 bits per heavy atom. The second-order valence-electron chi connectivity index (χ2n) is 4.52. The monoisotopic (exact) mass is 268 g/mol. The molecule has 0 atom stereocenters. The molecular formula is C9H16N8O2. The summed E-state index contributed by atoms with van der Waals surface area (Å²) in [5, 5.41) is 40.9. The first-order valence-electron chi connectivity index (χ1n) is 5.86. The Balaban J connectivity index is 2.40. The number of aromatic nitrogens is 8. The smallest absolute Gasteiger partial charge is 0.164 e. The molecular weight excluding hydrogens is 252 g/mol. The van der Waals surface area contributed by atoms with Crippen LogP contribution >= 0.6 is 0 Å². The van der Waals surface area contributed by atoms with E-state index in [2.05, 4.69) is 31.1 Å². The summed E-state index contributed by atoms with van der Waals surface area (Å²) in [5.74, 6) is 1.10. The molecule has 19 heavy (non-hydrogen) atoms. The third-order valence-electron chi connectivity index (χ3n) is 2.81. The molecule has 0 fully saturated rings. The topological polar surface area (TPSA) is 128 Å². The molecule has 104 valence electrons. The fraction of sp³-hybridized carbons (Fsp3) is 0.778. The van der Waals surface area contributed by atoms with E-state index in [9.17, 15) is 0 Å². The summed E-state index contributed by atoms with van der Waals surface area (Å²) in [6.07, 6.45) is 0. The number of rotatable bonds is 6. The van der Waals surface area contributed by atoms with Crippen molar-refractivity contribution in [1.82, 2.24) is 40.4 Å². The highest BCUT2D eigenvalue weighted by molar-refractivity contribution is 5.16. The highest BCUT2D eigenvalue weighted by atomic mass is 16.3. The predicted molar refractivity (Wildman–Crippen MR) is 61.9 cm³/mol. The van der Waals surface area contributed by atoms with Gasteiger partial charge in [0.05, 0.1) is 31.7 Å². The van der Waals surface area contributed by atoms with Gasteiger partial charge in [-0.05, 0) is 34.7 Å². The van der Waals surface area contributed by atoms with Crippen LogP contribution in [0, 0.1) is 0 Å². The number of tetrazole rings is 2. The van der Waals surface area contributed by atoms with Crippen molar-refractivity contribution in [2.24, 2.45) is 0 Å². The van der Waals surface area contributed by atoms with E-state index >= 15 is 0 Å². The maximum atomic E-state index is 9.00. The van der Waals surface area contributed by atoms with Crippen molar-refractivity contribution in [2.45, 2.75) is 32.4 Å². The molecule has 2 N–H and O–H groups in total. The van der Waals surface area contributed by atoms with Crippen LogP contribution in [-0.4, -0.2) is 63.8 Å². The molecule has 2 rings (SSSR count). The summed E-state index contributed by atoms with van der Waals surface area (Å²) in [7, 11) is 0. The van der Waals surface area contributed by atoms with Crippen LogP contribution in [0.1, 0.15) is 25.5 Å². The van der Waals surface area contributed by atoms with Gasteiger partial charge in [-0.1, -0.05) is 0 Å². The third-order valence-corrected chi connectivity index (χ3v) is 2.81. The van der Waals surface area contributed by atoms with Crippen LogP contribution in [0.2, 0.25) is 0 Å². The Labute approximate surface area is 109 Å². The Morgan fingerprint density at radius 3 is 1.68 bits per heavy atom. The molecule has 0 aliphatic rings. The predicted octanol–water partition coefficient (Wildman–Crippen LogP) is -2.03. The molecule has 0 aliphatic carbocycles. The van der Waals surface area contributed by atoms with Crippen LogP contribution in [0.5, 0.6) is 0 Å².